The van der Waals surface area contributed by atoms with Gasteiger partial charge in [0.1, 0.15) is 11.3 Å². The van der Waals surface area contributed by atoms with Crippen molar-refractivity contribution < 1.29 is 0 Å². The lowest BCUT2D eigenvalue weighted by Gasteiger charge is -2.11. The molecule has 0 radical (unpaired) electrons. The van der Waals surface area contributed by atoms with Crippen molar-refractivity contribution in [2.24, 2.45) is 0 Å². The van der Waals surface area contributed by atoms with E-state index < -0.39 is 0 Å². The monoisotopic (exact) mass is 446 g/mol. The lowest BCUT2D eigenvalue weighted by atomic mass is 9.95. The fraction of sp³-hybridized carbons (Fsp3) is 0.0645. The predicted octanol–water partition coefficient (Wildman–Crippen LogP) is 6.73. The van der Waals surface area contributed by atoms with Crippen molar-refractivity contribution in [3.05, 3.63) is 108 Å². The van der Waals surface area contributed by atoms with Gasteiger partial charge in [0, 0.05) is 23.2 Å². The Morgan fingerprint density at radius 2 is 1.63 bits per heavy atom. The first-order valence-corrected chi connectivity index (χ1v) is 12.0. The third kappa shape index (κ3) is 2.15. The molecule has 35 heavy (non-hydrogen) atoms. The van der Waals surface area contributed by atoms with Crippen LogP contribution in [-0.2, 0) is 12.8 Å². The Morgan fingerprint density at radius 1 is 0.657 bits per heavy atom. The van der Waals surface area contributed by atoms with E-state index in [2.05, 4.69) is 64.0 Å². The molecule has 9 rings (SSSR count). The highest BCUT2D eigenvalue weighted by Crippen LogP contribution is 2.49. The molecule has 4 heteroatoms. The molecule has 0 fully saturated rings. The summed E-state index contributed by atoms with van der Waals surface area (Å²) in [6, 6.07) is 24.5. The van der Waals surface area contributed by atoms with Crippen molar-refractivity contribution in [3.8, 4) is 22.3 Å². The average Bonchev–Trinajstić information content (AvgIpc) is 3.58. The number of benzene rings is 3. The van der Waals surface area contributed by atoms with Crippen molar-refractivity contribution in [2.75, 3.05) is 0 Å². The van der Waals surface area contributed by atoms with E-state index in [1.165, 1.54) is 55.3 Å². The van der Waals surface area contributed by atoms with Gasteiger partial charge in [-0.15, -0.1) is 0 Å². The van der Waals surface area contributed by atoms with Gasteiger partial charge in [0.25, 0.3) is 0 Å². The van der Waals surface area contributed by atoms with E-state index in [4.69, 9.17) is 9.97 Å². The van der Waals surface area contributed by atoms with Crippen LogP contribution in [0.5, 0.6) is 0 Å². The lowest BCUT2D eigenvalue weighted by Crippen LogP contribution is -1.95. The number of nitrogens with zero attached hydrogens (tertiary/aromatic N) is 4. The molecule has 2 aliphatic carbocycles. The Morgan fingerprint density at radius 3 is 2.63 bits per heavy atom. The summed E-state index contributed by atoms with van der Waals surface area (Å²) in [5, 5.41) is 3.52. The summed E-state index contributed by atoms with van der Waals surface area (Å²) in [6.07, 6.45) is 7.54. The Bertz CT molecular complexity index is 2070. The van der Waals surface area contributed by atoms with Crippen LogP contribution in [0.25, 0.3) is 60.7 Å². The van der Waals surface area contributed by atoms with Crippen LogP contribution in [0.15, 0.2) is 85.3 Å². The van der Waals surface area contributed by atoms with Crippen LogP contribution in [0.1, 0.15) is 22.3 Å². The van der Waals surface area contributed by atoms with Crippen molar-refractivity contribution in [3.63, 3.8) is 0 Å². The second kappa shape index (κ2) is 6.10. The second-order valence-electron chi connectivity index (χ2n) is 9.70. The van der Waals surface area contributed by atoms with Gasteiger partial charge in [-0.1, -0.05) is 36.4 Å². The van der Waals surface area contributed by atoms with E-state index in [9.17, 15) is 0 Å². The van der Waals surface area contributed by atoms with Gasteiger partial charge in [-0.05, 0) is 93.1 Å². The molecule has 0 saturated carbocycles. The maximum atomic E-state index is 5.04. The maximum absolute atomic E-state index is 5.04. The minimum Gasteiger partial charge on any atom is -0.274 e. The summed E-state index contributed by atoms with van der Waals surface area (Å²) in [5.74, 6) is 0. The summed E-state index contributed by atoms with van der Waals surface area (Å²) in [7, 11) is 0. The Balaban J connectivity index is 1.40. The molecule has 7 aromatic rings. The lowest BCUT2D eigenvalue weighted by molar-refractivity contribution is 1.22. The summed E-state index contributed by atoms with van der Waals surface area (Å²) in [6.45, 7) is 0. The molecule has 4 heterocycles. The highest BCUT2D eigenvalue weighted by atomic mass is 15.1. The first kappa shape index (κ1) is 17.8. The predicted molar refractivity (Wildman–Crippen MR) is 140 cm³/mol. The zero-order chi connectivity index (χ0) is 22.7. The van der Waals surface area contributed by atoms with Crippen molar-refractivity contribution in [1.29, 1.82) is 0 Å². The van der Waals surface area contributed by atoms with Crippen molar-refractivity contribution in [2.45, 2.75) is 12.8 Å². The third-order valence-electron chi connectivity index (χ3n) is 7.95. The van der Waals surface area contributed by atoms with Gasteiger partial charge in [-0.3, -0.25) is 9.38 Å². The van der Waals surface area contributed by atoms with Crippen LogP contribution < -0.4 is 0 Å². The molecule has 0 aliphatic heterocycles. The molecule has 162 valence electrons. The maximum Gasteiger partial charge on any atom is 0.147 e. The molecule has 0 bridgehead atoms. The first-order valence-electron chi connectivity index (χ1n) is 12.0. The number of imidazole rings is 1. The molecular weight excluding hydrogens is 428 g/mol. The SMILES string of the molecule is c1ccc2c(c1)Cc1ccc3c(c1-2)Cc1cc2c(cc1-3)c1cccnc1n1c3cnccc3nc21. The van der Waals surface area contributed by atoms with E-state index in [0.717, 1.165) is 40.6 Å². The molecule has 4 nitrogen and oxygen atoms in total. The van der Waals surface area contributed by atoms with E-state index in [-0.39, 0.29) is 0 Å². The minimum absolute atomic E-state index is 0.923. The summed E-state index contributed by atoms with van der Waals surface area (Å²) < 4.78 is 2.17. The number of aromatic nitrogens is 4. The van der Waals surface area contributed by atoms with Gasteiger partial charge in [0.05, 0.1) is 17.2 Å². The molecule has 0 atom stereocenters. The highest BCUT2D eigenvalue weighted by Gasteiger charge is 2.29. The summed E-state index contributed by atoms with van der Waals surface area (Å²) >= 11 is 0. The number of rotatable bonds is 0. The van der Waals surface area contributed by atoms with Crippen LogP contribution in [0.3, 0.4) is 0 Å². The van der Waals surface area contributed by atoms with E-state index in [1.54, 1.807) is 6.20 Å². The molecule has 0 amide bonds. The smallest absolute Gasteiger partial charge is 0.147 e. The molecule has 0 spiro atoms. The van der Waals surface area contributed by atoms with Crippen molar-refractivity contribution >= 4 is 38.5 Å². The van der Waals surface area contributed by atoms with Gasteiger partial charge in [0.15, 0.2) is 0 Å². The van der Waals surface area contributed by atoms with Gasteiger partial charge in [-0.25, -0.2) is 9.97 Å². The topological polar surface area (TPSA) is 43.1 Å². The zero-order valence-corrected chi connectivity index (χ0v) is 18.8. The largest absolute Gasteiger partial charge is 0.274 e. The van der Waals surface area contributed by atoms with Crippen LogP contribution in [0.4, 0.5) is 0 Å². The van der Waals surface area contributed by atoms with Crippen molar-refractivity contribution in [1.82, 2.24) is 19.4 Å². The molecule has 0 saturated heterocycles. The van der Waals surface area contributed by atoms with Crippen LogP contribution in [0, 0.1) is 0 Å². The molecule has 3 aromatic carbocycles. The average molecular weight is 447 g/mol. The molecular formula is C31H18N4. The minimum atomic E-state index is 0.923. The van der Waals surface area contributed by atoms with E-state index in [1.807, 2.05) is 24.5 Å². The Labute approximate surface area is 200 Å². The summed E-state index contributed by atoms with van der Waals surface area (Å²) in [5.41, 5.74) is 15.1. The molecule has 2 aliphatic rings. The van der Waals surface area contributed by atoms with Crippen LogP contribution in [-0.4, -0.2) is 19.4 Å². The third-order valence-corrected chi connectivity index (χ3v) is 7.95. The molecule has 0 N–H and O–H groups in total. The standard InChI is InChI=1S/C31H18N4/c1-2-5-20-17(4-1)12-18-7-8-21-23-15-24-22-6-3-10-33-30(22)35-28-16-32-11-9-27(28)34-31(35)26(24)14-19(23)13-25(21)29(18)20/h1-11,14-16H,12-13H2. The zero-order valence-electron chi connectivity index (χ0n) is 18.8. The second-order valence-corrected chi connectivity index (χ2v) is 9.70. The van der Waals surface area contributed by atoms with Gasteiger partial charge in [0.2, 0.25) is 0 Å². The quantitative estimate of drug-likeness (QED) is 0.243. The van der Waals surface area contributed by atoms with E-state index >= 15 is 0 Å². The first-order chi connectivity index (χ1) is 17.3. The van der Waals surface area contributed by atoms with E-state index in [0.29, 0.717) is 0 Å². The van der Waals surface area contributed by atoms with Crippen LogP contribution >= 0.6 is 0 Å². The van der Waals surface area contributed by atoms with Gasteiger partial charge in [-0.2, -0.15) is 0 Å². The number of hydrogen-bond acceptors (Lipinski definition) is 3. The normalized spacial score (nSPS) is 13.5. The fourth-order valence-corrected chi connectivity index (χ4v) is 6.48. The number of fused-ring (bicyclic) bond motifs is 15. The van der Waals surface area contributed by atoms with Gasteiger partial charge >= 0.3 is 0 Å². The molecule has 4 aromatic heterocycles. The summed E-state index contributed by atoms with van der Waals surface area (Å²) in [4.78, 5) is 14.2. The Hall–Kier alpha value is -4.57. The fourth-order valence-electron chi connectivity index (χ4n) is 6.48. The van der Waals surface area contributed by atoms with Crippen LogP contribution in [0.2, 0.25) is 0 Å². The number of hydrogen-bond donors (Lipinski definition) is 0. The number of pyridine rings is 3. The van der Waals surface area contributed by atoms with Gasteiger partial charge < -0.3 is 0 Å². The Kier molecular flexibility index (Phi) is 3.11. The molecule has 0 unspecified atom stereocenters. The highest BCUT2D eigenvalue weighted by molar-refractivity contribution is 6.14.